The fourth-order valence-corrected chi connectivity index (χ4v) is 10.3. The lowest BCUT2D eigenvalue weighted by Crippen LogP contribution is -2.66. The quantitative estimate of drug-likeness (QED) is 0.406. The molecule has 4 rings (SSSR count). The number of fused-ring (bicyclic) bond motifs is 2. The summed E-state index contributed by atoms with van der Waals surface area (Å²) in [5.74, 6) is 1.14. The van der Waals surface area contributed by atoms with E-state index < -0.39 is 29.1 Å². The normalized spacial score (nSPS) is 54.8. The maximum absolute atomic E-state index is 11.6. The highest BCUT2D eigenvalue weighted by molar-refractivity contribution is 5.26. The Labute approximate surface area is 208 Å². The number of rotatable bonds is 2. The lowest BCUT2D eigenvalue weighted by Gasteiger charge is -2.67. The first-order chi connectivity index (χ1) is 15.5. The SMILES string of the molecule is C=C1C([C@]2(C)CCC3C(C)(C)[C@@H](O)CC[C@]3(C)C2CC)C[C@@H](O)[C@]2(C)C1CC(C)(C)[C@@H](O)[C@@H]2O. The van der Waals surface area contributed by atoms with Crippen molar-refractivity contribution in [2.75, 3.05) is 0 Å². The number of hydrogen-bond acceptors (Lipinski definition) is 4. The largest absolute Gasteiger partial charge is 0.393 e. The summed E-state index contributed by atoms with van der Waals surface area (Å²) in [7, 11) is 0. The summed E-state index contributed by atoms with van der Waals surface area (Å²) < 4.78 is 0. The van der Waals surface area contributed by atoms with Gasteiger partial charge in [-0.25, -0.2) is 0 Å². The van der Waals surface area contributed by atoms with Crippen LogP contribution in [-0.2, 0) is 0 Å². The summed E-state index contributed by atoms with van der Waals surface area (Å²) in [6, 6.07) is 0. The second kappa shape index (κ2) is 8.04. The molecule has 11 atom stereocenters. The molecule has 4 aliphatic rings. The van der Waals surface area contributed by atoms with E-state index in [0.717, 1.165) is 38.5 Å². The predicted molar refractivity (Wildman–Crippen MR) is 137 cm³/mol. The molecule has 4 saturated carbocycles. The van der Waals surface area contributed by atoms with Crippen molar-refractivity contribution in [2.24, 2.45) is 50.7 Å². The molecule has 0 aliphatic heterocycles. The van der Waals surface area contributed by atoms with Crippen LogP contribution in [0, 0.1) is 50.7 Å². The summed E-state index contributed by atoms with van der Waals surface area (Å²) in [6.07, 6.45) is 3.81. The van der Waals surface area contributed by atoms with Crippen LogP contribution in [0.4, 0.5) is 0 Å². The van der Waals surface area contributed by atoms with E-state index in [4.69, 9.17) is 6.58 Å². The summed E-state index contributed by atoms with van der Waals surface area (Å²) in [4.78, 5) is 0. The van der Waals surface area contributed by atoms with Crippen molar-refractivity contribution in [1.82, 2.24) is 0 Å². The molecule has 4 N–H and O–H groups in total. The first-order valence-corrected chi connectivity index (χ1v) is 13.9. The third kappa shape index (κ3) is 3.30. The van der Waals surface area contributed by atoms with Gasteiger partial charge in [-0.2, -0.15) is 0 Å². The molecule has 0 aromatic carbocycles. The average Bonchev–Trinajstić information content (AvgIpc) is 2.74. The highest BCUT2D eigenvalue weighted by Gasteiger charge is 2.66. The smallest absolute Gasteiger partial charge is 0.0888 e. The molecule has 196 valence electrons. The van der Waals surface area contributed by atoms with Gasteiger partial charge < -0.3 is 20.4 Å². The molecule has 0 saturated heterocycles. The molecule has 0 heterocycles. The van der Waals surface area contributed by atoms with Crippen LogP contribution in [0.15, 0.2) is 12.2 Å². The fraction of sp³-hybridized carbons (Fsp3) is 0.933. The van der Waals surface area contributed by atoms with E-state index >= 15 is 0 Å². The average molecular weight is 477 g/mol. The zero-order valence-corrected chi connectivity index (χ0v) is 23.1. The zero-order valence-electron chi connectivity index (χ0n) is 23.1. The molecule has 4 fully saturated rings. The van der Waals surface area contributed by atoms with Crippen molar-refractivity contribution in [3.05, 3.63) is 12.2 Å². The van der Waals surface area contributed by atoms with Crippen LogP contribution in [0.2, 0.25) is 0 Å². The molecule has 4 nitrogen and oxygen atoms in total. The van der Waals surface area contributed by atoms with Gasteiger partial charge in [-0.3, -0.25) is 0 Å². The number of aliphatic hydroxyl groups is 4. The highest BCUT2D eigenvalue weighted by Crippen LogP contribution is 2.70. The minimum atomic E-state index is -0.961. The summed E-state index contributed by atoms with van der Waals surface area (Å²) >= 11 is 0. The van der Waals surface area contributed by atoms with E-state index in [1.54, 1.807) is 0 Å². The lowest BCUT2D eigenvalue weighted by molar-refractivity contribution is -0.224. The molecule has 4 heteroatoms. The zero-order chi connectivity index (χ0) is 25.6. The van der Waals surface area contributed by atoms with Crippen molar-refractivity contribution in [3.8, 4) is 0 Å². The van der Waals surface area contributed by atoms with E-state index in [9.17, 15) is 20.4 Å². The maximum Gasteiger partial charge on any atom is 0.0888 e. The van der Waals surface area contributed by atoms with Crippen LogP contribution in [0.3, 0.4) is 0 Å². The molecular weight excluding hydrogens is 424 g/mol. The first-order valence-electron chi connectivity index (χ1n) is 13.9. The third-order valence-corrected chi connectivity index (χ3v) is 12.6. The minimum absolute atomic E-state index is 0.0147. The molecule has 0 spiro atoms. The summed E-state index contributed by atoms with van der Waals surface area (Å²) in [5.41, 5.74) is 0.0770. The van der Waals surface area contributed by atoms with Crippen LogP contribution in [0.1, 0.15) is 100 Å². The van der Waals surface area contributed by atoms with Crippen molar-refractivity contribution in [3.63, 3.8) is 0 Å². The predicted octanol–water partition coefficient (Wildman–Crippen LogP) is 5.33. The minimum Gasteiger partial charge on any atom is -0.393 e. The fourth-order valence-electron chi connectivity index (χ4n) is 10.3. The number of allylic oxidation sites excluding steroid dienone is 1. The van der Waals surface area contributed by atoms with Gasteiger partial charge in [0.25, 0.3) is 0 Å². The first kappa shape index (κ1) is 26.6. The Kier molecular flexibility index (Phi) is 6.30. The molecular formula is C30H52O4. The Hall–Kier alpha value is -0.420. The standard InChI is InChI=1S/C30H52O4/c1-10-20-28(7,13-11-21-27(5,6)22(31)12-14-29(20,21)8)18-15-23(32)30(9)19(17(18)2)16-26(3,4)24(33)25(30)34/h18-25,31-34H,2,10-16H2,1,3-9H3/t18?,19?,20?,21?,22-,23+,24-,25-,28-,29+,30-/m0/s1. The lowest BCUT2D eigenvalue weighted by atomic mass is 9.38. The number of aliphatic hydroxyl groups excluding tert-OH is 4. The van der Waals surface area contributed by atoms with Gasteiger partial charge in [-0.1, -0.05) is 74.0 Å². The molecule has 0 radical (unpaired) electrons. The van der Waals surface area contributed by atoms with Crippen molar-refractivity contribution < 1.29 is 20.4 Å². The molecule has 0 aromatic heterocycles. The van der Waals surface area contributed by atoms with E-state index in [1.165, 1.54) is 5.57 Å². The second-order valence-corrected chi connectivity index (χ2v) is 14.8. The summed E-state index contributed by atoms with van der Waals surface area (Å²) in [6.45, 7) is 22.5. The molecule has 34 heavy (non-hydrogen) atoms. The van der Waals surface area contributed by atoms with Gasteiger partial charge in [0.05, 0.1) is 24.4 Å². The molecule has 0 amide bonds. The Bertz CT molecular complexity index is 819. The molecule has 4 aliphatic carbocycles. The van der Waals surface area contributed by atoms with E-state index in [0.29, 0.717) is 18.3 Å². The molecule has 0 aromatic rings. The Morgan fingerprint density at radius 1 is 0.794 bits per heavy atom. The Morgan fingerprint density at radius 2 is 1.38 bits per heavy atom. The number of hydrogen-bond donors (Lipinski definition) is 4. The Morgan fingerprint density at radius 3 is 1.97 bits per heavy atom. The van der Waals surface area contributed by atoms with E-state index in [1.807, 2.05) is 20.8 Å². The van der Waals surface area contributed by atoms with E-state index in [-0.39, 0.29) is 34.2 Å². The van der Waals surface area contributed by atoms with Gasteiger partial charge in [0.2, 0.25) is 0 Å². The highest BCUT2D eigenvalue weighted by atomic mass is 16.3. The van der Waals surface area contributed by atoms with Crippen molar-refractivity contribution in [1.29, 1.82) is 0 Å². The van der Waals surface area contributed by atoms with Crippen LogP contribution >= 0.6 is 0 Å². The van der Waals surface area contributed by atoms with Crippen LogP contribution < -0.4 is 0 Å². The summed E-state index contributed by atoms with van der Waals surface area (Å²) in [5, 5.41) is 44.5. The molecule has 4 unspecified atom stereocenters. The topological polar surface area (TPSA) is 80.9 Å². The molecule has 0 bridgehead atoms. The third-order valence-electron chi connectivity index (χ3n) is 12.6. The van der Waals surface area contributed by atoms with Gasteiger partial charge in [0.15, 0.2) is 0 Å². The van der Waals surface area contributed by atoms with Crippen LogP contribution in [0.5, 0.6) is 0 Å². The van der Waals surface area contributed by atoms with Gasteiger partial charge in [0, 0.05) is 5.41 Å². The van der Waals surface area contributed by atoms with Gasteiger partial charge >= 0.3 is 0 Å². The van der Waals surface area contributed by atoms with Crippen molar-refractivity contribution in [2.45, 2.75) is 125 Å². The maximum atomic E-state index is 11.6. The second-order valence-electron chi connectivity index (χ2n) is 14.8. The van der Waals surface area contributed by atoms with Crippen molar-refractivity contribution >= 4 is 0 Å². The monoisotopic (exact) mass is 476 g/mol. The van der Waals surface area contributed by atoms with Gasteiger partial charge in [0.1, 0.15) is 0 Å². The van der Waals surface area contributed by atoms with Crippen LogP contribution in [-0.4, -0.2) is 44.8 Å². The van der Waals surface area contributed by atoms with Gasteiger partial charge in [-0.05, 0) is 83.9 Å². The van der Waals surface area contributed by atoms with Crippen LogP contribution in [0.25, 0.3) is 0 Å². The Balaban J connectivity index is 1.73. The van der Waals surface area contributed by atoms with Gasteiger partial charge in [-0.15, -0.1) is 0 Å². The van der Waals surface area contributed by atoms with E-state index in [2.05, 4.69) is 34.6 Å².